The highest BCUT2D eigenvalue weighted by atomic mass is 32.2. The molecule has 0 N–H and O–H groups in total. The highest BCUT2D eigenvalue weighted by Crippen LogP contribution is 2.30. The van der Waals surface area contributed by atoms with Gasteiger partial charge in [-0.15, -0.1) is 11.8 Å². The summed E-state index contributed by atoms with van der Waals surface area (Å²) in [5, 5.41) is 8.94. The van der Waals surface area contributed by atoms with Crippen LogP contribution in [0, 0.1) is 11.3 Å². The zero-order valence-corrected chi connectivity index (χ0v) is 14.8. The van der Waals surface area contributed by atoms with Gasteiger partial charge in [-0.05, 0) is 30.3 Å². The minimum Gasteiger partial charge on any atom is -0.493 e. The van der Waals surface area contributed by atoms with E-state index in [0.29, 0.717) is 17.1 Å². The van der Waals surface area contributed by atoms with Gasteiger partial charge in [-0.2, -0.15) is 5.26 Å². The first-order valence-corrected chi connectivity index (χ1v) is 8.74. The number of thioether (sulfide) groups is 1. The molecular formula is C20H15NO4S. The number of nitrogens with zero attached hydrogens (tertiary/aromatic N) is 1. The number of nitriles is 1. The molecule has 0 atom stereocenters. The summed E-state index contributed by atoms with van der Waals surface area (Å²) in [6.07, 6.45) is 1.47. The number of methoxy groups -OCH3 is 1. The summed E-state index contributed by atoms with van der Waals surface area (Å²) in [7, 11) is 1.45. The fourth-order valence-electron chi connectivity index (χ4n) is 2.27. The van der Waals surface area contributed by atoms with Crippen LogP contribution in [0.1, 0.15) is 21.7 Å². The molecule has 6 heteroatoms. The molecule has 3 aromatic rings. The third kappa shape index (κ3) is 4.08. The molecule has 0 aliphatic carbocycles. The van der Waals surface area contributed by atoms with Crippen LogP contribution in [0.25, 0.3) is 0 Å². The van der Waals surface area contributed by atoms with E-state index in [4.69, 9.17) is 19.2 Å². The van der Waals surface area contributed by atoms with Crippen molar-refractivity contribution in [3.63, 3.8) is 0 Å². The first kappa shape index (κ1) is 17.6. The van der Waals surface area contributed by atoms with Crippen LogP contribution in [0.2, 0.25) is 0 Å². The molecule has 0 saturated heterocycles. The number of benzene rings is 2. The molecule has 0 fully saturated rings. The number of carbonyl (C=O) groups is 1. The Morgan fingerprint density at radius 1 is 1.15 bits per heavy atom. The molecule has 0 unspecified atom stereocenters. The lowest BCUT2D eigenvalue weighted by Crippen LogP contribution is -2.10. The third-order valence-corrected chi connectivity index (χ3v) is 4.63. The van der Waals surface area contributed by atoms with Crippen molar-refractivity contribution >= 4 is 17.7 Å². The zero-order valence-electron chi connectivity index (χ0n) is 14.0. The number of rotatable bonds is 6. The predicted octanol–water partition coefficient (Wildman–Crippen LogP) is 4.67. The van der Waals surface area contributed by atoms with E-state index in [1.54, 1.807) is 23.9 Å². The maximum Gasteiger partial charge on any atom is 0.380 e. The molecule has 0 radical (unpaired) electrons. The van der Waals surface area contributed by atoms with Gasteiger partial charge in [0, 0.05) is 22.3 Å². The van der Waals surface area contributed by atoms with E-state index in [2.05, 4.69) is 0 Å². The van der Waals surface area contributed by atoms with Crippen LogP contribution in [0.5, 0.6) is 11.5 Å². The van der Waals surface area contributed by atoms with E-state index in [0.717, 1.165) is 10.5 Å². The summed E-state index contributed by atoms with van der Waals surface area (Å²) in [5.41, 5.74) is 1.16. The molecule has 0 spiro atoms. The van der Waals surface area contributed by atoms with Crippen LogP contribution >= 0.6 is 11.8 Å². The maximum atomic E-state index is 12.5. The van der Waals surface area contributed by atoms with Crippen molar-refractivity contribution < 1.29 is 18.7 Å². The summed E-state index contributed by atoms with van der Waals surface area (Å²) < 4.78 is 15.9. The number of furan rings is 1. The number of ether oxygens (including phenoxy) is 2. The smallest absolute Gasteiger partial charge is 0.380 e. The molecule has 2 aromatic carbocycles. The number of esters is 1. The van der Waals surface area contributed by atoms with Gasteiger partial charge in [0.25, 0.3) is 0 Å². The standard InChI is InChI=1S/C20H15NO4S/c1-23-18-11-14(12-21)7-8-17(18)25-20(22)19-15(9-10-24-19)13-26-16-5-3-2-4-6-16/h2-11H,13H2,1H3. The minimum atomic E-state index is -0.610. The molecule has 5 nitrogen and oxygen atoms in total. The SMILES string of the molecule is COc1cc(C#N)ccc1OC(=O)c1occc1CSc1ccccc1. The predicted molar refractivity (Wildman–Crippen MR) is 97.4 cm³/mol. The van der Waals surface area contributed by atoms with Crippen molar-refractivity contribution in [2.75, 3.05) is 7.11 Å². The summed E-state index contributed by atoms with van der Waals surface area (Å²) >= 11 is 1.60. The van der Waals surface area contributed by atoms with Crippen LogP contribution in [0.4, 0.5) is 0 Å². The molecule has 0 amide bonds. The van der Waals surface area contributed by atoms with Gasteiger partial charge in [0.2, 0.25) is 5.76 Å². The van der Waals surface area contributed by atoms with Crippen molar-refractivity contribution in [3.8, 4) is 17.6 Å². The summed E-state index contributed by atoms with van der Waals surface area (Å²) in [4.78, 5) is 13.6. The second kappa shape index (κ2) is 8.28. The largest absolute Gasteiger partial charge is 0.493 e. The fourth-order valence-corrected chi connectivity index (χ4v) is 3.17. The molecule has 0 bridgehead atoms. The van der Waals surface area contributed by atoms with Crippen molar-refractivity contribution in [2.45, 2.75) is 10.6 Å². The van der Waals surface area contributed by atoms with E-state index in [9.17, 15) is 4.79 Å². The number of hydrogen-bond donors (Lipinski definition) is 0. The monoisotopic (exact) mass is 365 g/mol. The van der Waals surface area contributed by atoms with Crippen LogP contribution in [-0.2, 0) is 5.75 Å². The Labute approximate surface area is 155 Å². The maximum absolute atomic E-state index is 12.5. The van der Waals surface area contributed by atoms with Crippen molar-refractivity contribution in [2.24, 2.45) is 0 Å². The second-order valence-corrected chi connectivity index (χ2v) is 6.29. The lowest BCUT2D eigenvalue weighted by Gasteiger charge is -2.09. The second-order valence-electron chi connectivity index (χ2n) is 5.24. The molecule has 130 valence electrons. The molecule has 1 heterocycles. The van der Waals surface area contributed by atoms with E-state index >= 15 is 0 Å². The summed E-state index contributed by atoms with van der Waals surface area (Å²) in [5.74, 6) is 0.662. The minimum absolute atomic E-state index is 0.153. The Morgan fingerprint density at radius 2 is 1.96 bits per heavy atom. The van der Waals surface area contributed by atoms with E-state index in [-0.39, 0.29) is 11.5 Å². The molecule has 3 rings (SSSR count). The Bertz CT molecular complexity index is 944. The average Bonchev–Trinajstić information content (AvgIpc) is 3.16. The van der Waals surface area contributed by atoms with Crippen molar-refractivity contribution in [1.29, 1.82) is 5.26 Å². The molecule has 0 aliphatic heterocycles. The number of carbonyl (C=O) groups excluding carboxylic acids is 1. The van der Waals surface area contributed by atoms with Gasteiger partial charge >= 0.3 is 5.97 Å². The normalized spacial score (nSPS) is 10.2. The van der Waals surface area contributed by atoms with Crippen molar-refractivity contribution in [3.05, 3.63) is 77.7 Å². The van der Waals surface area contributed by atoms with Gasteiger partial charge in [-0.1, -0.05) is 18.2 Å². The molecule has 1 aromatic heterocycles. The van der Waals surface area contributed by atoms with E-state index < -0.39 is 5.97 Å². The van der Waals surface area contributed by atoms with Gasteiger partial charge in [0.05, 0.1) is 25.0 Å². The quantitative estimate of drug-likeness (QED) is 0.359. The van der Waals surface area contributed by atoms with E-state index in [1.807, 2.05) is 36.4 Å². The van der Waals surface area contributed by atoms with Crippen LogP contribution in [-0.4, -0.2) is 13.1 Å². The summed E-state index contributed by atoms with van der Waals surface area (Å²) in [6, 6.07) is 18.2. The Hall–Kier alpha value is -3.17. The first-order chi connectivity index (χ1) is 12.7. The lowest BCUT2D eigenvalue weighted by atomic mass is 10.2. The molecule has 0 aliphatic rings. The van der Waals surface area contributed by atoms with Crippen LogP contribution < -0.4 is 9.47 Å². The molecule has 26 heavy (non-hydrogen) atoms. The Morgan fingerprint density at radius 3 is 2.69 bits per heavy atom. The van der Waals surface area contributed by atoms with Gasteiger partial charge in [0.1, 0.15) is 0 Å². The Balaban J connectivity index is 1.73. The highest BCUT2D eigenvalue weighted by molar-refractivity contribution is 7.98. The third-order valence-electron chi connectivity index (χ3n) is 3.57. The number of hydrogen-bond acceptors (Lipinski definition) is 6. The van der Waals surface area contributed by atoms with Crippen molar-refractivity contribution in [1.82, 2.24) is 0 Å². The molecular weight excluding hydrogens is 350 g/mol. The average molecular weight is 365 g/mol. The van der Waals surface area contributed by atoms with Crippen LogP contribution in [0.15, 0.2) is 70.2 Å². The van der Waals surface area contributed by atoms with Gasteiger partial charge in [-0.25, -0.2) is 4.79 Å². The van der Waals surface area contributed by atoms with E-state index in [1.165, 1.54) is 25.5 Å². The molecule has 0 saturated carbocycles. The van der Waals surface area contributed by atoms with Gasteiger partial charge in [0.15, 0.2) is 11.5 Å². The van der Waals surface area contributed by atoms with Gasteiger partial charge in [-0.3, -0.25) is 0 Å². The van der Waals surface area contributed by atoms with Gasteiger partial charge < -0.3 is 13.9 Å². The summed E-state index contributed by atoms with van der Waals surface area (Å²) in [6.45, 7) is 0. The lowest BCUT2D eigenvalue weighted by molar-refractivity contribution is 0.0695. The first-order valence-electron chi connectivity index (χ1n) is 7.76. The van der Waals surface area contributed by atoms with Crippen LogP contribution in [0.3, 0.4) is 0 Å². The highest BCUT2D eigenvalue weighted by Gasteiger charge is 2.20. The topological polar surface area (TPSA) is 72.5 Å². The fraction of sp³-hybridized carbons (Fsp3) is 0.100. The zero-order chi connectivity index (χ0) is 18.4. The Kier molecular flexibility index (Phi) is 5.62.